The third-order valence-corrected chi connectivity index (χ3v) is 6.07. The summed E-state index contributed by atoms with van der Waals surface area (Å²) in [5.41, 5.74) is 3.20. The molecule has 8 nitrogen and oxygen atoms in total. The minimum Gasteiger partial charge on any atom is -0.372 e. The van der Waals surface area contributed by atoms with E-state index in [4.69, 9.17) is 4.98 Å². The maximum Gasteiger partial charge on any atom is 0.327 e. The number of rotatable bonds is 3. The number of hydrogen-bond acceptors (Lipinski definition) is 6. The van der Waals surface area contributed by atoms with Crippen molar-refractivity contribution >= 4 is 29.0 Å². The Morgan fingerprint density at radius 2 is 1.94 bits per heavy atom. The van der Waals surface area contributed by atoms with E-state index in [0.717, 1.165) is 35.7 Å². The van der Waals surface area contributed by atoms with Gasteiger partial charge in [0.2, 0.25) is 0 Å². The van der Waals surface area contributed by atoms with E-state index in [2.05, 4.69) is 20.2 Å². The fraction of sp³-hybridized carbons (Fsp3) is 0.333. The summed E-state index contributed by atoms with van der Waals surface area (Å²) in [6.45, 7) is 2.40. The molecule has 1 N–H and O–H groups in total. The predicted molar refractivity (Wildman–Crippen MR) is 128 cm³/mol. The molecule has 0 aromatic carbocycles. The fourth-order valence-electron chi connectivity index (χ4n) is 4.29. The third-order valence-electron chi connectivity index (χ3n) is 6.07. The highest BCUT2D eigenvalue weighted by atomic mass is 19.1. The number of fused-ring (bicyclic) bond motifs is 1. The van der Waals surface area contributed by atoms with Gasteiger partial charge >= 0.3 is 6.03 Å². The van der Waals surface area contributed by atoms with Gasteiger partial charge in [0.05, 0.1) is 17.9 Å². The highest BCUT2D eigenvalue weighted by Gasteiger charge is 2.26. The number of amides is 2. The fourth-order valence-corrected chi connectivity index (χ4v) is 4.29. The molecule has 3 aromatic heterocycles. The monoisotopic (exact) mass is 447 g/mol. The number of carbonyl (C=O) groups is 1. The van der Waals surface area contributed by atoms with Crippen LogP contribution >= 0.6 is 0 Å². The Labute approximate surface area is 192 Å². The first-order valence-electron chi connectivity index (χ1n) is 11.1. The Morgan fingerprint density at radius 1 is 1.09 bits per heavy atom. The SMILES string of the molecule is CN1CCCN(C(=O)Nc2ccncc2)c2nc(-c3ccnc(N4CC[C@H](F)C4)c3)ccc21. The second-order valence-corrected chi connectivity index (χ2v) is 8.37. The van der Waals surface area contributed by atoms with E-state index in [0.29, 0.717) is 37.6 Å². The smallest absolute Gasteiger partial charge is 0.327 e. The van der Waals surface area contributed by atoms with Crippen molar-refractivity contribution in [3.63, 3.8) is 0 Å². The molecule has 5 rings (SSSR count). The van der Waals surface area contributed by atoms with E-state index in [9.17, 15) is 9.18 Å². The van der Waals surface area contributed by atoms with Crippen LogP contribution in [0.4, 0.5) is 32.2 Å². The van der Waals surface area contributed by atoms with Crippen LogP contribution in [0.5, 0.6) is 0 Å². The molecule has 3 aromatic rings. The summed E-state index contributed by atoms with van der Waals surface area (Å²) >= 11 is 0. The van der Waals surface area contributed by atoms with Gasteiger partial charge in [0.15, 0.2) is 5.82 Å². The van der Waals surface area contributed by atoms with E-state index in [-0.39, 0.29) is 6.03 Å². The summed E-state index contributed by atoms with van der Waals surface area (Å²) in [6, 6.07) is 11.1. The molecule has 1 atom stereocenters. The summed E-state index contributed by atoms with van der Waals surface area (Å²) in [4.78, 5) is 32.3. The van der Waals surface area contributed by atoms with Crippen LogP contribution in [-0.2, 0) is 0 Å². The van der Waals surface area contributed by atoms with Crippen molar-refractivity contribution < 1.29 is 9.18 Å². The maximum atomic E-state index is 13.7. The molecule has 0 bridgehead atoms. The van der Waals surface area contributed by atoms with Crippen LogP contribution in [0.25, 0.3) is 11.3 Å². The number of urea groups is 1. The second-order valence-electron chi connectivity index (χ2n) is 8.37. The number of hydrogen-bond donors (Lipinski definition) is 1. The lowest BCUT2D eigenvalue weighted by atomic mass is 10.1. The second kappa shape index (κ2) is 9.01. The average molecular weight is 448 g/mol. The van der Waals surface area contributed by atoms with Crippen LogP contribution in [0.2, 0.25) is 0 Å². The molecular formula is C24H26FN7O. The Bertz CT molecular complexity index is 1140. The topological polar surface area (TPSA) is 77.5 Å². The van der Waals surface area contributed by atoms with Gasteiger partial charge in [-0.3, -0.25) is 9.88 Å². The first-order chi connectivity index (χ1) is 16.1. The normalized spacial score (nSPS) is 18.1. The highest BCUT2D eigenvalue weighted by molar-refractivity contribution is 6.03. The molecular weight excluding hydrogens is 421 g/mol. The molecule has 2 amide bonds. The van der Waals surface area contributed by atoms with Gasteiger partial charge in [0.1, 0.15) is 12.0 Å². The highest BCUT2D eigenvalue weighted by Crippen LogP contribution is 2.34. The van der Waals surface area contributed by atoms with Crippen molar-refractivity contribution in [3.8, 4) is 11.3 Å². The molecule has 0 radical (unpaired) electrons. The van der Waals surface area contributed by atoms with Gasteiger partial charge in [-0.2, -0.15) is 0 Å². The zero-order chi connectivity index (χ0) is 22.8. The van der Waals surface area contributed by atoms with Crippen LogP contribution < -0.4 is 20.0 Å². The van der Waals surface area contributed by atoms with Crippen molar-refractivity contribution in [2.45, 2.75) is 19.0 Å². The van der Waals surface area contributed by atoms with Gasteiger partial charge in [-0.1, -0.05) is 0 Å². The van der Waals surface area contributed by atoms with Crippen LogP contribution in [0.3, 0.4) is 0 Å². The number of aromatic nitrogens is 3. The molecule has 5 heterocycles. The molecule has 0 unspecified atom stereocenters. The number of pyridine rings is 3. The summed E-state index contributed by atoms with van der Waals surface area (Å²) in [6.07, 6.45) is 5.54. The number of halogens is 1. The van der Waals surface area contributed by atoms with Crippen molar-refractivity contribution in [3.05, 3.63) is 55.0 Å². The van der Waals surface area contributed by atoms with Crippen LogP contribution in [0, 0.1) is 0 Å². The third kappa shape index (κ3) is 4.44. The lowest BCUT2D eigenvalue weighted by molar-refractivity contribution is 0.257. The quantitative estimate of drug-likeness (QED) is 0.655. The number of alkyl halides is 1. The number of carbonyl (C=O) groups excluding carboxylic acids is 1. The van der Waals surface area contributed by atoms with E-state index in [1.807, 2.05) is 36.2 Å². The molecule has 33 heavy (non-hydrogen) atoms. The van der Waals surface area contributed by atoms with Gasteiger partial charge in [-0.15, -0.1) is 0 Å². The summed E-state index contributed by atoms with van der Waals surface area (Å²) < 4.78 is 13.7. The lowest BCUT2D eigenvalue weighted by Gasteiger charge is -2.24. The molecule has 170 valence electrons. The molecule has 0 spiro atoms. The Hall–Kier alpha value is -3.75. The van der Waals surface area contributed by atoms with Gasteiger partial charge in [0, 0.05) is 56.5 Å². The van der Waals surface area contributed by atoms with Crippen molar-refractivity contribution in [2.75, 3.05) is 53.2 Å². The van der Waals surface area contributed by atoms with Gasteiger partial charge in [-0.25, -0.2) is 19.2 Å². The Kier molecular flexibility index (Phi) is 5.77. The molecule has 0 saturated carbocycles. The Balaban J connectivity index is 1.48. The zero-order valence-corrected chi connectivity index (χ0v) is 18.5. The number of anilines is 4. The summed E-state index contributed by atoms with van der Waals surface area (Å²) in [7, 11) is 2.01. The van der Waals surface area contributed by atoms with Crippen LogP contribution in [0.1, 0.15) is 12.8 Å². The molecule has 9 heteroatoms. The van der Waals surface area contributed by atoms with Crippen LogP contribution in [-0.4, -0.2) is 60.4 Å². The Morgan fingerprint density at radius 3 is 2.73 bits per heavy atom. The minimum absolute atomic E-state index is 0.233. The van der Waals surface area contributed by atoms with Crippen molar-refractivity contribution in [1.82, 2.24) is 15.0 Å². The summed E-state index contributed by atoms with van der Waals surface area (Å²) in [5.74, 6) is 1.36. The maximum absolute atomic E-state index is 13.7. The summed E-state index contributed by atoms with van der Waals surface area (Å²) in [5, 5.41) is 2.94. The van der Waals surface area contributed by atoms with E-state index >= 15 is 0 Å². The first kappa shape index (κ1) is 21.1. The molecule has 2 aliphatic heterocycles. The molecule has 0 aliphatic carbocycles. The van der Waals surface area contributed by atoms with E-state index < -0.39 is 6.17 Å². The molecule has 1 saturated heterocycles. The average Bonchev–Trinajstić information content (AvgIpc) is 3.21. The standard InChI is InChI=1S/C24H26FN7O/c1-30-12-2-13-32(24(33)28-19-6-9-26-10-7-19)23-21(30)4-3-20(29-23)17-5-11-27-22(15-17)31-14-8-18(25)16-31/h3-7,9-11,15,18H,2,8,12-14,16H2,1H3,(H,26,28,33)/t18-/m0/s1. The predicted octanol–water partition coefficient (Wildman–Crippen LogP) is 3.97. The van der Waals surface area contributed by atoms with Crippen LogP contribution in [0.15, 0.2) is 55.0 Å². The van der Waals surface area contributed by atoms with Gasteiger partial charge in [-0.05, 0) is 49.2 Å². The number of nitrogens with one attached hydrogen (secondary N) is 1. The lowest BCUT2D eigenvalue weighted by Crippen LogP contribution is -2.36. The molecule has 2 aliphatic rings. The largest absolute Gasteiger partial charge is 0.372 e. The molecule has 1 fully saturated rings. The minimum atomic E-state index is -0.816. The van der Waals surface area contributed by atoms with Crippen molar-refractivity contribution in [1.29, 1.82) is 0 Å². The van der Waals surface area contributed by atoms with Crippen molar-refractivity contribution in [2.24, 2.45) is 0 Å². The zero-order valence-electron chi connectivity index (χ0n) is 18.5. The first-order valence-corrected chi connectivity index (χ1v) is 11.1. The van der Waals surface area contributed by atoms with Gasteiger partial charge in [0.25, 0.3) is 0 Å². The van der Waals surface area contributed by atoms with E-state index in [1.54, 1.807) is 35.6 Å². The van der Waals surface area contributed by atoms with E-state index in [1.165, 1.54) is 0 Å². The number of nitrogens with zero attached hydrogens (tertiary/aromatic N) is 6. The van der Waals surface area contributed by atoms with Gasteiger partial charge < -0.3 is 15.1 Å².